The van der Waals surface area contributed by atoms with Crippen LogP contribution >= 0.6 is 0 Å². The second-order valence-corrected chi connectivity index (χ2v) is 14.1. The lowest BCUT2D eigenvalue weighted by molar-refractivity contribution is -0.235. The highest BCUT2D eigenvalue weighted by molar-refractivity contribution is 5.85. The number of Topliss-reactive ketones (excluding diaryl/α,β-unsaturated/α-hetero) is 1. The van der Waals surface area contributed by atoms with Crippen molar-refractivity contribution < 1.29 is 19.5 Å². The number of hydrogen-bond donors (Lipinski definition) is 1. The van der Waals surface area contributed by atoms with Gasteiger partial charge in [0.2, 0.25) is 0 Å². The van der Waals surface area contributed by atoms with Crippen molar-refractivity contribution in [1.29, 1.82) is 0 Å². The van der Waals surface area contributed by atoms with Crippen LogP contribution in [0.1, 0.15) is 98.8 Å². The van der Waals surface area contributed by atoms with Gasteiger partial charge in [0, 0.05) is 11.8 Å². The fraction of sp³-hybridized carbons (Fsp3) is 0.833. The van der Waals surface area contributed by atoms with Gasteiger partial charge in [-0.25, -0.2) is 0 Å². The zero-order chi connectivity index (χ0) is 24.9. The Hall–Kier alpha value is -1.45. The Balaban J connectivity index is 1.57. The zero-order valence-corrected chi connectivity index (χ0v) is 21.9. The molecule has 0 aromatic heterocycles. The molecule has 0 aromatic rings. The van der Waals surface area contributed by atoms with Crippen molar-refractivity contribution in [1.82, 2.24) is 0 Å². The molecule has 5 fully saturated rings. The van der Waals surface area contributed by atoms with E-state index in [9.17, 15) is 19.5 Å². The molecule has 0 spiro atoms. The smallest absolute Gasteiger partial charge is 0.309 e. The summed E-state index contributed by atoms with van der Waals surface area (Å²) in [5.41, 5.74) is -0.0307. The largest absolute Gasteiger partial charge is 0.481 e. The highest BCUT2D eigenvalue weighted by Crippen LogP contribution is 2.77. The van der Waals surface area contributed by atoms with Crippen molar-refractivity contribution in [3.05, 3.63) is 12.2 Å². The highest BCUT2D eigenvalue weighted by atomic mass is 16.4. The first-order valence-electron chi connectivity index (χ1n) is 13.7. The first kappa shape index (κ1) is 24.3. The maximum absolute atomic E-state index is 12.9. The predicted molar refractivity (Wildman–Crippen MR) is 132 cm³/mol. The van der Waals surface area contributed by atoms with E-state index in [1.165, 1.54) is 0 Å². The molecule has 0 heterocycles. The number of aldehydes is 1. The van der Waals surface area contributed by atoms with Crippen molar-refractivity contribution in [2.24, 2.45) is 56.7 Å². The monoisotopic (exact) mass is 468 g/mol. The van der Waals surface area contributed by atoms with E-state index in [1.807, 2.05) is 0 Å². The Morgan fingerprint density at radius 1 is 0.912 bits per heavy atom. The number of hydrogen-bond acceptors (Lipinski definition) is 3. The minimum Gasteiger partial charge on any atom is -0.481 e. The first-order valence-corrected chi connectivity index (χ1v) is 13.7. The van der Waals surface area contributed by atoms with E-state index >= 15 is 0 Å². The van der Waals surface area contributed by atoms with Gasteiger partial charge >= 0.3 is 5.97 Å². The molecule has 3 unspecified atom stereocenters. The van der Waals surface area contributed by atoms with Crippen molar-refractivity contribution in [3.8, 4) is 0 Å². The summed E-state index contributed by atoms with van der Waals surface area (Å²) in [6, 6.07) is 0. The zero-order valence-electron chi connectivity index (χ0n) is 21.9. The number of carbonyl (C=O) groups is 3. The molecule has 0 radical (unpaired) electrons. The van der Waals surface area contributed by atoms with Gasteiger partial charge in [-0.1, -0.05) is 41.2 Å². The summed E-state index contributed by atoms with van der Waals surface area (Å²) < 4.78 is 0. The van der Waals surface area contributed by atoms with E-state index in [0.717, 1.165) is 57.7 Å². The maximum Gasteiger partial charge on any atom is 0.309 e. The Morgan fingerprint density at radius 3 is 2.26 bits per heavy atom. The van der Waals surface area contributed by atoms with Gasteiger partial charge in [0.1, 0.15) is 12.1 Å². The number of aliphatic carboxylic acids is 1. The molecule has 188 valence electrons. The molecule has 9 atom stereocenters. The lowest BCUT2D eigenvalue weighted by Crippen LogP contribution is -2.66. The molecular weight excluding hydrogens is 424 g/mol. The Kier molecular flexibility index (Phi) is 5.20. The van der Waals surface area contributed by atoms with Gasteiger partial charge in [0.15, 0.2) is 0 Å². The summed E-state index contributed by atoms with van der Waals surface area (Å²) in [6.07, 6.45) is 10.0. The molecule has 0 aromatic carbocycles. The van der Waals surface area contributed by atoms with Crippen LogP contribution in [0.2, 0.25) is 0 Å². The number of allylic oxidation sites excluding steroid dienone is 1. The summed E-state index contributed by atoms with van der Waals surface area (Å²) in [6.45, 7) is 15.9. The molecule has 1 N–H and O–H groups in total. The summed E-state index contributed by atoms with van der Waals surface area (Å²) in [5.74, 6) is 1.07. The maximum atomic E-state index is 12.9. The fourth-order valence-electron chi connectivity index (χ4n) is 11.3. The quantitative estimate of drug-likeness (QED) is 0.380. The average molecular weight is 469 g/mol. The molecule has 5 aliphatic carbocycles. The van der Waals surface area contributed by atoms with Crippen molar-refractivity contribution in [2.45, 2.75) is 98.8 Å². The molecule has 5 saturated carbocycles. The predicted octanol–water partition coefficient (Wildman–Crippen LogP) is 6.48. The van der Waals surface area contributed by atoms with Crippen LogP contribution in [0.15, 0.2) is 12.2 Å². The SMILES string of the molecule is C=C(C=O)C1CC[C@]2(C(=O)O)CC[C@]3(C)[C@H](CC[C@@H]4[C@@]5(C)CCC(=O)C(C)(C)C5CC[C@]43C)C12. The second-order valence-electron chi connectivity index (χ2n) is 14.1. The third-order valence-corrected chi connectivity index (χ3v) is 13.2. The molecule has 0 saturated heterocycles. The van der Waals surface area contributed by atoms with E-state index in [1.54, 1.807) is 0 Å². The normalized spacial score (nSPS) is 51.4. The van der Waals surface area contributed by atoms with E-state index in [-0.39, 0.29) is 33.5 Å². The van der Waals surface area contributed by atoms with Crippen molar-refractivity contribution in [2.75, 3.05) is 0 Å². The molecule has 4 nitrogen and oxygen atoms in total. The van der Waals surface area contributed by atoms with E-state index in [4.69, 9.17) is 0 Å². The number of carboxylic acid groups (broad SMARTS) is 1. The molecular formula is C30H44O4. The lowest BCUT2D eigenvalue weighted by Gasteiger charge is -2.72. The number of rotatable bonds is 3. The second kappa shape index (κ2) is 7.29. The van der Waals surface area contributed by atoms with Crippen molar-refractivity contribution >= 4 is 18.0 Å². The molecule has 5 rings (SSSR count). The number of fused-ring (bicyclic) bond motifs is 7. The topological polar surface area (TPSA) is 71.4 Å². The minimum atomic E-state index is -0.704. The standard InChI is InChI=1S/C30H44O4/c1-18(17-31)19-9-14-30(25(33)34)16-15-28(5)20(24(19)30)7-8-22-27(4)12-11-23(32)26(2,3)21(27)10-13-29(22,28)6/h17,19-22,24H,1,7-16H2,2-6H3,(H,33,34)/t19?,20-,21?,22-,24?,27+,28-,29-,30+/m1/s1. The number of carbonyl (C=O) groups excluding carboxylic acids is 2. The van der Waals surface area contributed by atoms with Crippen LogP contribution in [-0.4, -0.2) is 23.1 Å². The molecule has 34 heavy (non-hydrogen) atoms. The third-order valence-electron chi connectivity index (χ3n) is 13.2. The molecule has 0 aliphatic heterocycles. The van der Waals surface area contributed by atoms with Gasteiger partial charge in [-0.05, 0) is 109 Å². The summed E-state index contributed by atoms with van der Waals surface area (Å²) >= 11 is 0. The van der Waals surface area contributed by atoms with E-state index < -0.39 is 11.4 Å². The van der Waals surface area contributed by atoms with Gasteiger partial charge in [-0.2, -0.15) is 0 Å². The fourth-order valence-corrected chi connectivity index (χ4v) is 11.3. The lowest BCUT2D eigenvalue weighted by atomic mass is 9.32. The van der Waals surface area contributed by atoms with Crippen LogP contribution in [0.3, 0.4) is 0 Å². The van der Waals surface area contributed by atoms with Gasteiger partial charge in [-0.3, -0.25) is 14.4 Å². The minimum absolute atomic E-state index is 0.00321. The number of ketones is 1. The van der Waals surface area contributed by atoms with Crippen molar-refractivity contribution in [3.63, 3.8) is 0 Å². The first-order chi connectivity index (χ1) is 15.8. The third kappa shape index (κ3) is 2.69. The van der Waals surface area contributed by atoms with Crippen LogP contribution in [-0.2, 0) is 14.4 Å². The summed E-state index contributed by atoms with van der Waals surface area (Å²) in [5, 5.41) is 10.5. The van der Waals surface area contributed by atoms with Gasteiger partial charge in [0.25, 0.3) is 0 Å². The molecule has 4 heteroatoms. The Morgan fingerprint density at radius 2 is 1.62 bits per heavy atom. The Labute approximate surface area is 205 Å². The van der Waals surface area contributed by atoms with Gasteiger partial charge < -0.3 is 5.11 Å². The molecule has 0 bridgehead atoms. The van der Waals surface area contributed by atoms with Gasteiger partial charge in [-0.15, -0.1) is 0 Å². The van der Waals surface area contributed by atoms with Crippen LogP contribution in [0.5, 0.6) is 0 Å². The molecule has 0 amide bonds. The van der Waals surface area contributed by atoms with Crippen LogP contribution in [0, 0.1) is 56.7 Å². The van der Waals surface area contributed by atoms with E-state index in [2.05, 4.69) is 41.2 Å². The van der Waals surface area contributed by atoms with Crippen LogP contribution in [0.4, 0.5) is 0 Å². The average Bonchev–Trinajstić information content (AvgIpc) is 3.18. The number of carboxylic acids is 1. The highest BCUT2D eigenvalue weighted by Gasteiger charge is 2.72. The van der Waals surface area contributed by atoms with E-state index in [0.29, 0.717) is 42.0 Å². The summed E-state index contributed by atoms with van der Waals surface area (Å²) in [4.78, 5) is 37.4. The van der Waals surface area contributed by atoms with Crippen LogP contribution in [0.25, 0.3) is 0 Å². The van der Waals surface area contributed by atoms with Gasteiger partial charge in [0.05, 0.1) is 5.41 Å². The Bertz CT molecular complexity index is 949. The summed E-state index contributed by atoms with van der Waals surface area (Å²) in [7, 11) is 0. The van der Waals surface area contributed by atoms with Crippen LogP contribution < -0.4 is 0 Å². The molecule has 5 aliphatic rings.